The Balaban J connectivity index is 3.37. The van der Waals surface area contributed by atoms with Crippen LogP contribution in [0.5, 0.6) is 11.5 Å². The second-order valence-electron chi connectivity index (χ2n) is 3.54. The van der Waals surface area contributed by atoms with Crippen molar-refractivity contribution in [1.29, 1.82) is 0 Å². The Bertz CT molecular complexity index is 418. The van der Waals surface area contributed by atoms with Gasteiger partial charge < -0.3 is 15.2 Å². The molecule has 0 bridgehead atoms. The Morgan fingerprint density at radius 2 is 1.94 bits per heavy atom. The molecule has 0 aromatic heterocycles. The molecule has 0 aliphatic rings. The predicted molar refractivity (Wildman–Crippen MR) is 62.5 cm³/mol. The first-order chi connectivity index (χ1) is 8.04. The van der Waals surface area contributed by atoms with Crippen molar-refractivity contribution in [3.05, 3.63) is 23.3 Å². The van der Waals surface area contributed by atoms with Gasteiger partial charge in [-0.1, -0.05) is 0 Å². The summed E-state index contributed by atoms with van der Waals surface area (Å²) in [7, 11) is 2.84. The Labute approximate surface area is 99.5 Å². The number of rotatable bonds is 5. The van der Waals surface area contributed by atoms with E-state index in [-0.39, 0.29) is 12.3 Å². The van der Waals surface area contributed by atoms with Crippen LogP contribution < -0.4 is 15.2 Å². The average Bonchev–Trinajstić information content (AvgIpc) is 2.35. The number of ketones is 1. The lowest BCUT2D eigenvalue weighted by Crippen LogP contribution is -2.15. The Kier molecular flexibility index (Phi) is 4.45. The van der Waals surface area contributed by atoms with Crippen molar-refractivity contribution in [1.82, 2.24) is 0 Å². The topological polar surface area (TPSA) is 61.5 Å². The van der Waals surface area contributed by atoms with Crippen molar-refractivity contribution in [2.45, 2.75) is 13.1 Å². The van der Waals surface area contributed by atoms with Crippen molar-refractivity contribution in [2.75, 3.05) is 20.8 Å². The molecule has 4 nitrogen and oxygen atoms in total. The quantitative estimate of drug-likeness (QED) is 0.799. The number of alkyl halides is 1. The van der Waals surface area contributed by atoms with Gasteiger partial charge in [0.1, 0.15) is 17.7 Å². The zero-order chi connectivity index (χ0) is 13.0. The first kappa shape index (κ1) is 13.4. The minimum atomic E-state index is -1.21. The molecule has 94 valence electrons. The van der Waals surface area contributed by atoms with Gasteiger partial charge in [-0.15, -0.1) is 0 Å². The van der Waals surface area contributed by atoms with E-state index in [1.807, 2.05) is 0 Å². The highest BCUT2D eigenvalue weighted by molar-refractivity contribution is 6.00. The van der Waals surface area contributed by atoms with Crippen LogP contribution in [0.3, 0.4) is 0 Å². The van der Waals surface area contributed by atoms with Gasteiger partial charge in [-0.05, 0) is 19.1 Å². The fourth-order valence-electron chi connectivity index (χ4n) is 1.56. The van der Waals surface area contributed by atoms with Crippen LogP contribution in [0, 0.1) is 0 Å². The van der Waals surface area contributed by atoms with Crippen LogP contribution in [0.1, 0.15) is 29.0 Å². The van der Waals surface area contributed by atoms with Crippen LogP contribution in [0.4, 0.5) is 4.39 Å². The van der Waals surface area contributed by atoms with Crippen molar-refractivity contribution >= 4 is 5.78 Å². The fraction of sp³-hybridized carbons (Fsp3) is 0.417. The molecule has 2 N–H and O–H groups in total. The summed E-state index contributed by atoms with van der Waals surface area (Å²) >= 11 is 0. The Morgan fingerprint density at radius 1 is 1.35 bits per heavy atom. The lowest BCUT2D eigenvalue weighted by Gasteiger charge is -2.14. The highest BCUT2D eigenvalue weighted by Crippen LogP contribution is 2.34. The van der Waals surface area contributed by atoms with E-state index in [4.69, 9.17) is 15.2 Å². The molecular formula is C12H16FNO3. The maximum absolute atomic E-state index is 13.4. The summed E-state index contributed by atoms with van der Waals surface area (Å²) in [5.74, 6) is 0.344. The predicted octanol–water partition coefficient (Wildman–Crippen LogP) is 1.88. The summed E-state index contributed by atoms with van der Waals surface area (Å²) in [6.45, 7) is 1.26. The molecule has 1 unspecified atom stereocenters. The van der Waals surface area contributed by atoms with Crippen LogP contribution in [0.15, 0.2) is 12.1 Å². The summed E-state index contributed by atoms with van der Waals surface area (Å²) in [6.07, 6.45) is -1.21. The normalized spacial score (nSPS) is 12.1. The molecule has 0 radical (unpaired) electrons. The van der Waals surface area contributed by atoms with Crippen molar-refractivity contribution in [3.63, 3.8) is 0 Å². The number of hydrogen-bond donors (Lipinski definition) is 1. The number of methoxy groups -OCH3 is 2. The molecule has 0 spiro atoms. The molecule has 0 amide bonds. The van der Waals surface area contributed by atoms with E-state index in [2.05, 4.69) is 0 Å². The number of halogens is 1. The van der Waals surface area contributed by atoms with Crippen molar-refractivity contribution in [3.8, 4) is 11.5 Å². The number of carbonyl (C=O) groups excluding carboxylic acids is 1. The van der Waals surface area contributed by atoms with Crippen LogP contribution >= 0.6 is 0 Å². The lowest BCUT2D eigenvalue weighted by molar-refractivity contribution is 0.0998. The third-order valence-electron chi connectivity index (χ3n) is 2.47. The summed E-state index contributed by atoms with van der Waals surface area (Å²) in [5, 5.41) is 0. The molecule has 1 rings (SSSR count). The van der Waals surface area contributed by atoms with E-state index < -0.39 is 6.17 Å². The van der Waals surface area contributed by atoms with Gasteiger partial charge in [-0.2, -0.15) is 0 Å². The monoisotopic (exact) mass is 241 g/mol. The smallest absolute Gasteiger partial charge is 0.180 e. The molecule has 0 fully saturated rings. The summed E-state index contributed by atoms with van der Waals surface area (Å²) in [4.78, 5) is 11.6. The minimum Gasteiger partial charge on any atom is -0.496 e. The number of hydrogen-bond acceptors (Lipinski definition) is 4. The number of benzene rings is 1. The molecular weight excluding hydrogens is 225 g/mol. The SMILES string of the molecule is COc1cc(C(C)F)c(OC)cc1C(=O)CN. The van der Waals surface area contributed by atoms with Crippen LogP contribution in [-0.4, -0.2) is 26.5 Å². The molecule has 0 aliphatic carbocycles. The summed E-state index contributed by atoms with van der Waals surface area (Å²) in [5.41, 5.74) is 5.94. The van der Waals surface area contributed by atoms with Gasteiger partial charge in [0, 0.05) is 5.56 Å². The third-order valence-corrected chi connectivity index (χ3v) is 2.47. The first-order valence-corrected chi connectivity index (χ1v) is 5.18. The maximum atomic E-state index is 13.4. The molecule has 0 saturated heterocycles. The van der Waals surface area contributed by atoms with E-state index in [1.165, 1.54) is 33.3 Å². The van der Waals surface area contributed by atoms with E-state index in [1.54, 1.807) is 0 Å². The van der Waals surface area contributed by atoms with Crippen LogP contribution in [-0.2, 0) is 0 Å². The maximum Gasteiger partial charge on any atom is 0.180 e. The van der Waals surface area contributed by atoms with Gasteiger partial charge in [0.05, 0.1) is 26.3 Å². The van der Waals surface area contributed by atoms with Crippen molar-refractivity contribution < 1.29 is 18.7 Å². The van der Waals surface area contributed by atoms with E-state index >= 15 is 0 Å². The molecule has 0 heterocycles. The summed E-state index contributed by atoms with van der Waals surface area (Å²) < 4.78 is 23.5. The largest absolute Gasteiger partial charge is 0.496 e. The van der Waals surface area contributed by atoms with Gasteiger partial charge >= 0.3 is 0 Å². The van der Waals surface area contributed by atoms with E-state index in [0.717, 1.165) is 0 Å². The standard InChI is InChI=1S/C12H16FNO3/c1-7(13)8-4-12(17-3)9(10(15)6-14)5-11(8)16-2/h4-5,7H,6,14H2,1-3H3. The number of ether oxygens (including phenoxy) is 2. The Hall–Kier alpha value is -1.62. The van der Waals surface area contributed by atoms with Gasteiger partial charge in [0.15, 0.2) is 5.78 Å². The highest BCUT2D eigenvalue weighted by atomic mass is 19.1. The number of nitrogens with two attached hydrogens (primary N) is 1. The van der Waals surface area contributed by atoms with Gasteiger partial charge in [-0.3, -0.25) is 4.79 Å². The van der Waals surface area contributed by atoms with E-state index in [0.29, 0.717) is 22.6 Å². The molecule has 17 heavy (non-hydrogen) atoms. The van der Waals surface area contributed by atoms with Crippen LogP contribution in [0.25, 0.3) is 0 Å². The summed E-state index contributed by atoms with van der Waals surface area (Å²) in [6, 6.07) is 2.92. The second-order valence-corrected chi connectivity index (χ2v) is 3.54. The fourth-order valence-corrected chi connectivity index (χ4v) is 1.56. The third kappa shape index (κ3) is 2.74. The van der Waals surface area contributed by atoms with Crippen LogP contribution in [0.2, 0.25) is 0 Å². The number of Topliss-reactive ketones (excluding diaryl/α,β-unsaturated/α-hetero) is 1. The van der Waals surface area contributed by atoms with E-state index in [9.17, 15) is 9.18 Å². The molecule has 0 aliphatic heterocycles. The first-order valence-electron chi connectivity index (χ1n) is 5.18. The molecule has 5 heteroatoms. The minimum absolute atomic E-state index is 0.135. The lowest BCUT2D eigenvalue weighted by atomic mass is 10.0. The van der Waals surface area contributed by atoms with Crippen molar-refractivity contribution in [2.24, 2.45) is 5.73 Å². The zero-order valence-electron chi connectivity index (χ0n) is 10.1. The molecule has 0 saturated carbocycles. The second kappa shape index (κ2) is 5.63. The Morgan fingerprint density at radius 3 is 2.35 bits per heavy atom. The number of carbonyl (C=O) groups is 1. The average molecular weight is 241 g/mol. The molecule has 1 atom stereocenters. The zero-order valence-corrected chi connectivity index (χ0v) is 10.1. The molecule has 1 aromatic carbocycles. The highest BCUT2D eigenvalue weighted by Gasteiger charge is 2.18. The van der Waals surface area contributed by atoms with Gasteiger partial charge in [-0.25, -0.2) is 4.39 Å². The van der Waals surface area contributed by atoms with Gasteiger partial charge in [0.25, 0.3) is 0 Å². The van der Waals surface area contributed by atoms with Gasteiger partial charge in [0.2, 0.25) is 0 Å². The molecule has 1 aromatic rings.